The van der Waals surface area contributed by atoms with E-state index in [1.165, 1.54) is 31.0 Å². The summed E-state index contributed by atoms with van der Waals surface area (Å²) in [6, 6.07) is 2.49. The number of nitrogens with one attached hydrogen (secondary N) is 1. The molecule has 1 spiro atoms. The van der Waals surface area contributed by atoms with E-state index in [2.05, 4.69) is 5.32 Å². The van der Waals surface area contributed by atoms with E-state index in [0.717, 1.165) is 4.90 Å². The maximum atomic E-state index is 13.9. The molecule has 6 nitrogen and oxygen atoms in total. The minimum atomic E-state index is -5.03. The number of likely N-dealkylation sites (tertiary alicyclic amines) is 1. The summed E-state index contributed by atoms with van der Waals surface area (Å²) in [6.45, 7) is 3.21. The van der Waals surface area contributed by atoms with Crippen LogP contribution >= 0.6 is 0 Å². The van der Waals surface area contributed by atoms with Gasteiger partial charge in [0, 0.05) is 19.1 Å². The first-order valence-corrected chi connectivity index (χ1v) is 13.1. The molecule has 2 aromatic rings. The Labute approximate surface area is 232 Å². The normalized spacial score (nSPS) is 24.0. The Bertz CT molecular complexity index is 1300. The van der Waals surface area contributed by atoms with Gasteiger partial charge in [-0.05, 0) is 86.6 Å². The van der Waals surface area contributed by atoms with Crippen LogP contribution in [0.4, 0.5) is 35.5 Å². The Kier molecular flexibility index (Phi) is 8.07. The number of piperidine rings is 1. The van der Waals surface area contributed by atoms with E-state index in [4.69, 9.17) is 5.73 Å². The fourth-order valence-electron chi connectivity index (χ4n) is 5.91. The zero-order valence-electron chi connectivity index (χ0n) is 22.7. The summed E-state index contributed by atoms with van der Waals surface area (Å²) in [5.74, 6) is -0.971. The lowest BCUT2D eigenvalue weighted by molar-refractivity contribution is -0.143. The number of halogens is 7. The van der Waals surface area contributed by atoms with Crippen LogP contribution in [0.25, 0.3) is 0 Å². The molecule has 2 aliphatic heterocycles. The Morgan fingerprint density at radius 3 is 2.17 bits per heavy atom. The molecule has 0 bridgehead atoms. The third kappa shape index (κ3) is 6.29. The molecule has 4 rings (SSSR count). The maximum Gasteiger partial charge on any atom is 0.416 e. The minimum Gasteiger partial charge on any atom is -0.368 e. The van der Waals surface area contributed by atoms with Gasteiger partial charge in [-0.2, -0.15) is 26.3 Å². The van der Waals surface area contributed by atoms with Gasteiger partial charge >= 0.3 is 18.4 Å². The summed E-state index contributed by atoms with van der Waals surface area (Å²) in [5, 5.41) is 3.30. The van der Waals surface area contributed by atoms with E-state index in [9.17, 15) is 40.3 Å². The van der Waals surface area contributed by atoms with Gasteiger partial charge in [0.15, 0.2) is 0 Å². The van der Waals surface area contributed by atoms with E-state index in [1.807, 2.05) is 0 Å². The zero-order valence-corrected chi connectivity index (χ0v) is 22.7. The smallest absolute Gasteiger partial charge is 0.368 e. The standard InChI is InChI=1S/C28H31F7N4O2/c1-15-10-20(29)4-5-21(15)23-14-26(7-6-22(37-26)24(36)40)8-9-39(23)25(41)38(3)16(2)17-11-18(27(30,31)32)13-19(12-17)28(33,34)35/h4-5,10-13,16,22-23,37H,6-9,14H2,1-3H3,(H2,36,40). The highest BCUT2D eigenvalue weighted by atomic mass is 19.4. The van der Waals surface area contributed by atoms with Crippen LogP contribution in [0.15, 0.2) is 36.4 Å². The quantitative estimate of drug-likeness (QED) is 0.424. The van der Waals surface area contributed by atoms with Gasteiger partial charge in [0.05, 0.1) is 29.3 Å². The largest absolute Gasteiger partial charge is 0.416 e. The molecule has 2 saturated heterocycles. The van der Waals surface area contributed by atoms with E-state index in [-0.39, 0.29) is 18.2 Å². The lowest BCUT2D eigenvalue weighted by Crippen LogP contribution is -2.57. The molecule has 0 aromatic heterocycles. The molecule has 0 saturated carbocycles. The van der Waals surface area contributed by atoms with Crippen molar-refractivity contribution in [3.05, 3.63) is 70.0 Å². The average molecular weight is 589 g/mol. The van der Waals surface area contributed by atoms with Crippen molar-refractivity contribution in [2.75, 3.05) is 13.6 Å². The molecule has 13 heteroatoms. The number of aryl methyl sites for hydroxylation is 1. The van der Waals surface area contributed by atoms with Gasteiger partial charge in [0.2, 0.25) is 5.91 Å². The van der Waals surface area contributed by atoms with E-state index >= 15 is 0 Å². The van der Waals surface area contributed by atoms with Crippen molar-refractivity contribution >= 4 is 11.9 Å². The van der Waals surface area contributed by atoms with E-state index < -0.39 is 64.9 Å². The predicted octanol–water partition coefficient (Wildman–Crippen LogP) is 6.10. The van der Waals surface area contributed by atoms with Gasteiger partial charge in [0.1, 0.15) is 5.82 Å². The molecular weight excluding hydrogens is 557 g/mol. The molecule has 41 heavy (non-hydrogen) atoms. The monoisotopic (exact) mass is 588 g/mol. The van der Waals surface area contributed by atoms with Gasteiger partial charge in [-0.15, -0.1) is 0 Å². The highest BCUT2D eigenvalue weighted by Crippen LogP contribution is 2.44. The first kappa shape index (κ1) is 30.6. The van der Waals surface area contributed by atoms with Crippen LogP contribution in [0, 0.1) is 12.7 Å². The second-order valence-corrected chi connectivity index (χ2v) is 11.0. The Morgan fingerprint density at radius 1 is 1.05 bits per heavy atom. The molecule has 2 aromatic carbocycles. The van der Waals surface area contributed by atoms with Crippen molar-refractivity contribution in [2.45, 2.75) is 75.5 Å². The minimum absolute atomic E-state index is 0.0451. The number of carbonyl (C=O) groups is 2. The third-order valence-electron chi connectivity index (χ3n) is 8.34. The number of hydrogen-bond acceptors (Lipinski definition) is 3. The molecule has 2 aliphatic rings. The number of rotatable bonds is 4. The number of amides is 3. The van der Waals surface area contributed by atoms with Gasteiger partial charge in [0.25, 0.3) is 0 Å². The second kappa shape index (κ2) is 10.8. The summed E-state index contributed by atoms with van der Waals surface area (Å²) >= 11 is 0. The Balaban J connectivity index is 1.68. The van der Waals surface area contributed by atoms with Crippen LogP contribution in [-0.4, -0.2) is 46.9 Å². The first-order valence-electron chi connectivity index (χ1n) is 13.1. The van der Waals surface area contributed by atoms with Gasteiger partial charge in [-0.3, -0.25) is 4.79 Å². The van der Waals surface area contributed by atoms with Crippen molar-refractivity contribution in [1.29, 1.82) is 0 Å². The van der Waals surface area contributed by atoms with Gasteiger partial charge in [-0.25, -0.2) is 9.18 Å². The lowest BCUT2D eigenvalue weighted by Gasteiger charge is -2.47. The molecule has 0 aliphatic carbocycles. The number of hydrogen-bond donors (Lipinski definition) is 2. The Hall–Kier alpha value is -3.35. The highest BCUT2D eigenvalue weighted by molar-refractivity contribution is 5.80. The summed E-state index contributed by atoms with van der Waals surface area (Å²) < 4.78 is 94.7. The zero-order chi connectivity index (χ0) is 30.5. The average Bonchev–Trinajstić information content (AvgIpc) is 3.29. The summed E-state index contributed by atoms with van der Waals surface area (Å²) in [5.41, 5.74) is 2.91. The topological polar surface area (TPSA) is 78.7 Å². The van der Waals surface area contributed by atoms with Gasteiger partial charge in [-0.1, -0.05) is 6.07 Å². The Morgan fingerprint density at radius 2 is 1.66 bits per heavy atom. The number of benzene rings is 2. The molecular formula is C28H31F7N4O2. The van der Waals surface area contributed by atoms with E-state index in [0.29, 0.717) is 48.9 Å². The maximum absolute atomic E-state index is 13.9. The number of primary amides is 1. The molecule has 3 N–H and O–H groups in total. The van der Waals surface area contributed by atoms with Crippen LogP contribution in [0.3, 0.4) is 0 Å². The van der Waals surface area contributed by atoms with Crippen LogP contribution in [0.1, 0.15) is 72.5 Å². The fraction of sp³-hybridized carbons (Fsp3) is 0.500. The molecule has 3 amide bonds. The van der Waals surface area contributed by atoms with Crippen LogP contribution in [0.2, 0.25) is 0 Å². The number of nitrogens with zero attached hydrogens (tertiary/aromatic N) is 2. The number of nitrogens with two attached hydrogens (primary N) is 1. The number of carbonyl (C=O) groups excluding carboxylic acids is 2. The lowest BCUT2D eigenvalue weighted by atomic mass is 9.79. The highest BCUT2D eigenvalue weighted by Gasteiger charge is 2.48. The second-order valence-electron chi connectivity index (χ2n) is 11.0. The molecule has 2 heterocycles. The van der Waals surface area contributed by atoms with Crippen molar-refractivity contribution in [3.63, 3.8) is 0 Å². The van der Waals surface area contributed by atoms with Crippen molar-refractivity contribution < 1.29 is 40.3 Å². The van der Waals surface area contributed by atoms with Crippen molar-refractivity contribution in [2.24, 2.45) is 5.73 Å². The van der Waals surface area contributed by atoms with Gasteiger partial charge < -0.3 is 20.9 Å². The van der Waals surface area contributed by atoms with Crippen molar-refractivity contribution in [3.8, 4) is 0 Å². The fourth-order valence-corrected chi connectivity index (χ4v) is 5.91. The van der Waals surface area contributed by atoms with Crippen LogP contribution < -0.4 is 11.1 Å². The summed E-state index contributed by atoms with van der Waals surface area (Å²) in [6.07, 6.45) is -8.16. The third-order valence-corrected chi connectivity index (χ3v) is 8.34. The molecule has 2 fully saturated rings. The van der Waals surface area contributed by atoms with E-state index in [1.54, 1.807) is 13.0 Å². The first-order chi connectivity index (χ1) is 18.9. The van der Waals surface area contributed by atoms with Crippen LogP contribution in [0.5, 0.6) is 0 Å². The molecule has 4 atom stereocenters. The molecule has 224 valence electrons. The number of urea groups is 1. The molecule has 4 unspecified atom stereocenters. The SMILES string of the molecule is Cc1cc(F)ccc1C1CC2(CCC(C(N)=O)N2)CCN1C(=O)N(C)C(C)c1cc(C(F)(F)F)cc(C(F)(F)F)c1. The predicted molar refractivity (Wildman–Crippen MR) is 136 cm³/mol. The van der Waals surface area contributed by atoms with Crippen molar-refractivity contribution in [1.82, 2.24) is 15.1 Å². The summed E-state index contributed by atoms with van der Waals surface area (Å²) in [7, 11) is 1.32. The number of alkyl halides is 6. The summed E-state index contributed by atoms with van der Waals surface area (Å²) in [4.78, 5) is 28.3. The van der Waals surface area contributed by atoms with Crippen LogP contribution in [-0.2, 0) is 17.1 Å². The molecule has 0 radical (unpaired) electrons.